The van der Waals surface area contributed by atoms with Crippen molar-refractivity contribution in [3.8, 4) is 6.07 Å². The van der Waals surface area contributed by atoms with Crippen LogP contribution in [-0.4, -0.2) is 63.2 Å². The first-order valence-corrected chi connectivity index (χ1v) is 11.4. The molecule has 1 aromatic rings. The first-order valence-electron chi connectivity index (χ1n) is 9.69. The maximum Gasteiger partial charge on any atom is 0.226 e. The number of nitrogens with one attached hydrogen (secondary N) is 1. The Morgan fingerprint density at radius 2 is 1.79 bits per heavy atom. The van der Waals surface area contributed by atoms with Crippen molar-refractivity contribution in [2.45, 2.75) is 23.8 Å². The van der Waals surface area contributed by atoms with Gasteiger partial charge in [0.15, 0.2) is 9.84 Å². The smallest absolute Gasteiger partial charge is 0.226 e. The first kappa shape index (κ1) is 21.3. The molecule has 2 fully saturated rings. The van der Waals surface area contributed by atoms with E-state index in [0.29, 0.717) is 31.9 Å². The van der Waals surface area contributed by atoms with Gasteiger partial charge in [0.25, 0.3) is 0 Å². The molecule has 1 aromatic carbocycles. The third-order valence-corrected chi connectivity index (χ3v) is 7.69. The summed E-state index contributed by atoms with van der Waals surface area (Å²) in [5.74, 6) is -2.22. The van der Waals surface area contributed by atoms with Gasteiger partial charge >= 0.3 is 0 Å². The number of morpholine rings is 1. The number of sulfone groups is 1. The molecule has 1 heterocycles. The summed E-state index contributed by atoms with van der Waals surface area (Å²) in [6, 6.07) is 10.7. The molecule has 2 amide bonds. The Hall–Kier alpha value is -2.44. The van der Waals surface area contributed by atoms with Gasteiger partial charge in [-0.1, -0.05) is 30.3 Å². The van der Waals surface area contributed by atoms with Crippen molar-refractivity contribution in [3.63, 3.8) is 0 Å². The summed E-state index contributed by atoms with van der Waals surface area (Å²) in [4.78, 5) is 27.3. The molecule has 0 aromatic heterocycles. The number of nitrogens with zero attached hydrogens (tertiary/aromatic N) is 2. The van der Waals surface area contributed by atoms with Gasteiger partial charge in [-0.25, -0.2) is 8.42 Å². The van der Waals surface area contributed by atoms with Crippen LogP contribution in [0.3, 0.4) is 0 Å². The summed E-state index contributed by atoms with van der Waals surface area (Å²) in [7, 11) is -3.54. The third-order valence-electron chi connectivity index (χ3n) is 5.56. The highest BCUT2D eigenvalue weighted by molar-refractivity contribution is 7.91. The molecule has 29 heavy (non-hydrogen) atoms. The van der Waals surface area contributed by atoms with E-state index >= 15 is 0 Å². The normalized spacial score (nSPS) is 24.7. The first-order chi connectivity index (χ1) is 13.9. The molecule has 2 aliphatic rings. The quantitative estimate of drug-likeness (QED) is 0.671. The Morgan fingerprint density at radius 3 is 2.45 bits per heavy atom. The van der Waals surface area contributed by atoms with E-state index in [-0.39, 0.29) is 31.0 Å². The predicted molar refractivity (Wildman–Crippen MR) is 105 cm³/mol. The van der Waals surface area contributed by atoms with Crippen molar-refractivity contribution in [2.24, 2.45) is 11.8 Å². The predicted octanol–water partition coefficient (Wildman–Crippen LogP) is 0.495. The lowest BCUT2D eigenvalue weighted by atomic mass is 9.93. The lowest BCUT2D eigenvalue weighted by molar-refractivity contribution is -0.144. The zero-order valence-electron chi connectivity index (χ0n) is 16.1. The largest absolute Gasteiger partial charge is 0.378 e. The van der Waals surface area contributed by atoms with Crippen molar-refractivity contribution >= 4 is 21.7 Å². The molecule has 3 atom stereocenters. The van der Waals surface area contributed by atoms with Crippen LogP contribution >= 0.6 is 0 Å². The fourth-order valence-electron chi connectivity index (χ4n) is 4.05. The minimum atomic E-state index is -3.54. The lowest BCUT2D eigenvalue weighted by Gasteiger charge is -2.30. The van der Waals surface area contributed by atoms with Crippen LogP contribution < -0.4 is 5.32 Å². The van der Waals surface area contributed by atoms with E-state index in [2.05, 4.69) is 5.32 Å². The molecule has 0 bridgehead atoms. The van der Waals surface area contributed by atoms with Crippen molar-refractivity contribution in [2.75, 3.05) is 32.8 Å². The van der Waals surface area contributed by atoms with E-state index in [4.69, 9.17) is 10.00 Å². The number of carbonyl (C=O) groups excluding carboxylic acids is 2. The Labute approximate surface area is 170 Å². The van der Waals surface area contributed by atoms with Crippen LogP contribution in [0.1, 0.15) is 18.4 Å². The Balaban J connectivity index is 1.79. The van der Waals surface area contributed by atoms with Crippen molar-refractivity contribution in [3.05, 3.63) is 35.9 Å². The summed E-state index contributed by atoms with van der Waals surface area (Å²) in [5, 5.41) is 10.5. The molecular formula is C20H25N3O5S. The van der Waals surface area contributed by atoms with Crippen LogP contribution in [0.4, 0.5) is 0 Å². The second kappa shape index (κ2) is 9.37. The van der Waals surface area contributed by atoms with Crippen LogP contribution in [0.25, 0.3) is 0 Å². The average molecular weight is 420 g/mol. The second-order valence-electron chi connectivity index (χ2n) is 7.41. The van der Waals surface area contributed by atoms with Crippen LogP contribution in [0, 0.1) is 23.2 Å². The van der Waals surface area contributed by atoms with Gasteiger partial charge in [0, 0.05) is 13.1 Å². The number of carbonyl (C=O) groups is 2. The van der Waals surface area contributed by atoms with Gasteiger partial charge in [-0.2, -0.15) is 5.26 Å². The fourth-order valence-corrected chi connectivity index (χ4v) is 5.94. The number of nitriles is 1. The molecule has 0 radical (unpaired) electrons. The van der Waals surface area contributed by atoms with E-state index in [0.717, 1.165) is 0 Å². The zero-order valence-corrected chi connectivity index (χ0v) is 16.9. The summed E-state index contributed by atoms with van der Waals surface area (Å²) in [5.41, 5.74) is 0.681. The summed E-state index contributed by atoms with van der Waals surface area (Å²) in [6.07, 6.45) is 0.211. The molecular weight excluding hydrogens is 394 g/mol. The van der Waals surface area contributed by atoms with Gasteiger partial charge in [0.05, 0.1) is 42.1 Å². The molecule has 1 saturated carbocycles. The van der Waals surface area contributed by atoms with E-state index in [1.54, 1.807) is 29.2 Å². The van der Waals surface area contributed by atoms with Gasteiger partial charge in [-0.05, 0) is 18.4 Å². The summed E-state index contributed by atoms with van der Waals surface area (Å²) in [6.45, 7) is 1.56. The minimum absolute atomic E-state index is 0.0905. The second-order valence-corrected chi connectivity index (χ2v) is 9.69. The van der Waals surface area contributed by atoms with Gasteiger partial charge in [0.1, 0.15) is 6.54 Å². The van der Waals surface area contributed by atoms with Crippen LogP contribution in [0.5, 0.6) is 0 Å². The number of hydrogen-bond donors (Lipinski definition) is 1. The molecule has 3 rings (SSSR count). The Morgan fingerprint density at radius 1 is 1.14 bits per heavy atom. The SMILES string of the molecule is N#CCNC(=O)[C@@H]1C[C@@H](S(=O)(=O)Cc2ccccc2)C[C@H]1C(=O)N1CCOCC1. The molecule has 0 unspecified atom stereocenters. The van der Waals surface area contributed by atoms with Gasteiger partial charge in [-0.15, -0.1) is 0 Å². The van der Waals surface area contributed by atoms with E-state index in [1.807, 2.05) is 12.1 Å². The monoisotopic (exact) mass is 419 g/mol. The van der Waals surface area contributed by atoms with E-state index in [1.165, 1.54) is 0 Å². The topological polar surface area (TPSA) is 117 Å². The zero-order chi connectivity index (χ0) is 20.9. The molecule has 0 spiro atoms. The molecule has 1 N–H and O–H groups in total. The van der Waals surface area contributed by atoms with Crippen LogP contribution in [0.15, 0.2) is 30.3 Å². The van der Waals surface area contributed by atoms with Gasteiger partial charge in [0.2, 0.25) is 11.8 Å². The molecule has 1 aliphatic carbocycles. The number of benzene rings is 1. The molecule has 1 saturated heterocycles. The number of hydrogen-bond acceptors (Lipinski definition) is 6. The maximum atomic E-state index is 13.1. The Bertz CT molecular complexity index is 875. The highest BCUT2D eigenvalue weighted by Crippen LogP contribution is 2.38. The molecule has 1 aliphatic heterocycles. The standard InChI is InChI=1S/C20H25N3O5S/c21-6-7-22-19(24)17-12-16(29(26,27)14-15-4-2-1-3-5-15)13-18(17)20(25)23-8-10-28-11-9-23/h1-5,16-18H,7-14H2,(H,22,24)/t16-,17-,18-/m1/s1. The average Bonchev–Trinajstić information content (AvgIpc) is 3.19. The number of amides is 2. The summed E-state index contributed by atoms with van der Waals surface area (Å²) >= 11 is 0. The highest BCUT2D eigenvalue weighted by Gasteiger charge is 2.48. The fraction of sp³-hybridized carbons (Fsp3) is 0.550. The highest BCUT2D eigenvalue weighted by atomic mass is 32.2. The van der Waals surface area contributed by atoms with Gasteiger partial charge < -0.3 is 15.0 Å². The van der Waals surface area contributed by atoms with Crippen LogP contribution in [-0.2, 0) is 29.9 Å². The number of ether oxygens (including phenoxy) is 1. The van der Waals surface area contributed by atoms with E-state index < -0.39 is 32.8 Å². The Kier molecular flexibility index (Phi) is 6.87. The maximum absolute atomic E-state index is 13.1. The third kappa shape index (κ3) is 5.14. The van der Waals surface area contributed by atoms with Gasteiger partial charge in [-0.3, -0.25) is 9.59 Å². The van der Waals surface area contributed by atoms with Crippen LogP contribution in [0.2, 0.25) is 0 Å². The molecule has 9 heteroatoms. The van der Waals surface area contributed by atoms with Crippen molar-refractivity contribution in [1.29, 1.82) is 5.26 Å². The minimum Gasteiger partial charge on any atom is -0.378 e. The lowest BCUT2D eigenvalue weighted by Crippen LogP contribution is -2.46. The van der Waals surface area contributed by atoms with Crippen molar-refractivity contribution in [1.82, 2.24) is 10.2 Å². The summed E-state index contributed by atoms with van der Waals surface area (Å²) < 4.78 is 31.3. The van der Waals surface area contributed by atoms with E-state index in [9.17, 15) is 18.0 Å². The number of rotatable bonds is 6. The molecule has 156 valence electrons. The molecule has 8 nitrogen and oxygen atoms in total. The van der Waals surface area contributed by atoms with Crippen molar-refractivity contribution < 1.29 is 22.7 Å².